The molecule has 0 radical (unpaired) electrons. The first-order chi connectivity index (χ1) is 10.1. The Kier molecular flexibility index (Phi) is 11.7. The van der Waals surface area contributed by atoms with Crippen molar-refractivity contribution in [2.24, 2.45) is 0 Å². The van der Waals surface area contributed by atoms with E-state index in [1.165, 1.54) is 12.2 Å². The summed E-state index contributed by atoms with van der Waals surface area (Å²) in [5.74, 6) is 0. The molecular weight excluding hydrogens is 302 g/mol. The van der Waals surface area contributed by atoms with Gasteiger partial charge in [0.15, 0.2) is 9.84 Å². The summed E-state index contributed by atoms with van der Waals surface area (Å²) in [6.07, 6.45) is 8.41. The zero-order chi connectivity index (χ0) is 17.8. The minimum atomic E-state index is -3.46. The normalized spacial score (nSPS) is 12.0. The van der Waals surface area contributed by atoms with Crippen LogP contribution in [0.15, 0.2) is 35.5 Å². The molecule has 0 atom stereocenters. The summed E-state index contributed by atoms with van der Waals surface area (Å²) in [6, 6.07) is 1.70. The predicted octanol–water partition coefficient (Wildman–Crippen LogP) is 1.55. The molecule has 0 fully saturated rings. The van der Waals surface area contributed by atoms with Gasteiger partial charge in [0.1, 0.15) is 17.3 Å². The van der Waals surface area contributed by atoms with E-state index in [1.54, 1.807) is 48.2 Å². The Bertz CT molecular complexity index is 551. The topological polar surface area (TPSA) is 81.5 Å². The van der Waals surface area contributed by atoms with Gasteiger partial charge in [0.25, 0.3) is 0 Å². The number of hydrogen-bond acceptors (Lipinski definition) is 6. The van der Waals surface area contributed by atoms with E-state index in [-0.39, 0.29) is 4.91 Å². The maximum atomic E-state index is 11.6. The highest BCUT2D eigenvalue weighted by Gasteiger charge is 2.21. The van der Waals surface area contributed by atoms with Gasteiger partial charge in [-0.3, -0.25) is 4.79 Å². The highest BCUT2D eigenvalue weighted by atomic mass is 32.2. The van der Waals surface area contributed by atoms with E-state index >= 15 is 0 Å². The third-order valence-corrected chi connectivity index (χ3v) is 4.21. The number of hydrogen-bond donors (Lipinski definition) is 0. The second kappa shape index (κ2) is 11.6. The van der Waals surface area contributed by atoms with Crippen molar-refractivity contribution in [2.45, 2.75) is 19.1 Å². The Labute approximate surface area is 133 Å². The fourth-order valence-corrected chi connectivity index (χ4v) is 1.86. The Balaban J connectivity index is 0. The van der Waals surface area contributed by atoms with Crippen LogP contribution in [0.4, 0.5) is 0 Å². The van der Waals surface area contributed by atoms with Crippen molar-refractivity contribution >= 4 is 16.1 Å². The largest absolute Gasteiger partial charge is 0.383 e. The fourth-order valence-electron chi connectivity index (χ4n) is 0.959. The lowest BCUT2D eigenvalue weighted by molar-refractivity contribution is -0.104. The first-order valence-electron chi connectivity index (χ1n) is 6.56. The van der Waals surface area contributed by atoms with Crippen molar-refractivity contribution in [1.82, 2.24) is 9.80 Å². The number of carbonyl (C=O) groups excluding carboxylic acids is 1. The number of carbonyl (C=O) groups is 1. The van der Waals surface area contributed by atoms with Crippen LogP contribution in [0.5, 0.6) is 0 Å². The van der Waals surface area contributed by atoms with Crippen molar-refractivity contribution in [2.75, 3.05) is 28.2 Å². The van der Waals surface area contributed by atoms with Crippen LogP contribution in [0.3, 0.4) is 0 Å². The van der Waals surface area contributed by atoms with Gasteiger partial charge in [0.2, 0.25) is 0 Å². The molecule has 0 bridgehead atoms. The van der Waals surface area contributed by atoms with Crippen LogP contribution in [0.2, 0.25) is 0 Å². The molecule has 0 aliphatic rings. The van der Waals surface area contributed by atoms with Gasteiger partial charge in [-0.25, -0.2) is 8.42 Å². The first kappa shape index (κ1) is 22.2. The third-order valence-electron chi connectivity index (χ3n) is 2.13. The Hall–Kier alpha value is -2.07. The SMILES string of the molecule is CC(C)S(=O)(=O)/C(C#N)=C\C=C/N(C)C.CN(C)/C=C/C=O. The number of nitrogens with zero attached hydrogens (tertiary/aromatic N) is 3. The summed E-state index contributed by atoms with van der Waals surface area (Å²) in [4.78, 5) is 13.0. The molecule has 124 valence electrons. The quantitative estimate of drug-likeness (QED) is 0.319. The Morgan fingerprint density at radius 2 is 1.50 bits per heavy atom. The fraction of sp³-hybridized carbons (Fsp3) is 0.467. The molecule has 0 unspecified atom stereocenters. The molecule has 6 nitrogen and oxygen atoms in total. The molecule has 0 aromatic heterocycles. The lowest BCUT2D eigenvalue weighted by Crippen LogP contribution is -2.15. The highest BCUT2D eigenvalue weighted by molar-refractivity contribution is 7.96. The van der Waals surface area contributed by atoms with Gasteiger partial charge in [-0.15, -0.1) is 0 Å². The second-order valence-electron chi connectivity index (χ2n) is 4.98. The molecule has 7 heteroatoms. The smallest absolute Gasteiger partial charge is 0.190 e. The number of sulfone groups is 1. The summed E-state index contributed by atoms with van der Waals surface area (Å²) in [6.45, 7) is 3.10. The third kappa shape index (κ3) is 10.7. The zero-order valence-corrected chi connectivity index (χ0v) is 14.8. The van der Waals surface area contributed by atoms with E-state index in [0.29, 0.717) is 0 Å². The number of allylic oxidation sites excluding steroid dienone is 4. The first-order valence-corrected chi connectivity index (χ1v) is 8.11. The van der Waals surface area contributed by atoms with Crippen LogP contribution in [0.25, 0.3) is 0 Å². The number of aldehydes is 1. The Morgan fingerprint density at radius 3 is 1.77 bits per heavy atom. The van der Waals surface area contributed by atoms with Crippen molar-refractivity contribution in [3.63, 3.8) is 0 Å². The average Bonchev–Trinajstić information content (AvgIpc) is 2.41. The van der Waals surface area contributed by atoms with Crippen molar-refractivity contribution in [1.29, 1.82) is 5.26 Å². The summed E-state index contributed by atoms with van der Waals surface area (Å²) >= 11 is 0. The molecule has 22 heavy (non-hydrogen) atoms. The van der Waals surface area contributed by atoms with E-state index in [1.807, 2.05) is 28.2 Å². The lowest BCUT2D eigenvalue weighted by Gasteiger charge is -2.05. The molecule has 0 saturated carbocycles. The number of rotatable bonds is 6. The summed E-state index contributed by atoms with van der Waals surface area (Å²) in [5, 5.41) is 8.16. The second-order valence-corrected chi connectivity index (χ2v) is 7.46. The number of nitriles is 1. The van der Waals surface area contributed by atoms with Gasteiger partial charge < -0.3 is 9.80 Å². The molecule has 0 rings (SSSR count). The summed E-state index contributed by atoms with van der Waals surface area (Å²) < 4.78 is 23.2. The van der Waals surface area contributed by atoms with E-state index < -0.39 is 15.1 Å². The van der Waals surface area contributed by atoms with Crippen molar-refractivity contribution < 1.29 is 13.2 Å². The lowest BCUT2D eigenvalue weighted by atomic mass is 10.5. The van der Waals surface area contributed by atoms with E-state index in [0.717, 1.165) is 6.29 Å². The maximum absolute atomic E-state index is 11.6. The zero-order valence-electron chi connectivity index (χ0n) is 14.0. The monoisotopic (exact) mass is 327 g/mol. The van der Waals surface area contributed by atoms with Crippen LogP contribution in [0.1, 0.15) is 13.8 Å². The van der Waals surface area contributed by atoms with Crippen LogP contribution >= 0.6 is 0 Å². The average molecular weight is 327 g/mol. The van der Waals surface area contributed by atoms with Crippen LogP contribution in [0, 0.1) is 11.3 Å². The van der Waals surface area contributed by atoms with Crippen LogP contribution in [-0.4, -0.2) is 57.9 Å². The van der Waals surface area contributed by atoms with E-state index in [2.05, 4.69) is 0 Å². The van der Waals surface area contributed by atoms with Crippen LogP contribution in [-0.2, 0) is 14.6 Å². The highest BCUT2D eigenvalue weighted by Crippen LogP contribution is 2.12. The van der Waals surface area contributed by atoms with Crippen LogP contribution < -0.4 is 0 Å². The van der Waals surface area contributed by atoms with Gasteiger partial charge in [-0.05, 0) is 38.3 Å². The van der Waals surface area contributed by atoms with Gasteiger partial charge in [0, 0.05) is 34.4 Å². The van der Waals surface area contributed by atoms with Gasteiger partial charge in [-0.1, -0.05) is 0 Å². The van der Waals surface area contributed by atoms with E-state index in [4.69, 9.17) is 5.26 Å². The minimum Gasteiger partial charge on any atom is -0.383 e. The molecule has 0 N–H and O–H groups in total. The van der Waals surface area contributed by atoms with Gasteiger partial charge >= 0.3 is 0 Å². The standard InChI is InChI=1S/C10H16N2O2S.C5H9NO/c1-9(2)15(13,14)10(8-11)6-5-7-12(3)4;1-6(2)4-3-5-7/h5-7,9H,1-4H3;3-5H,1-2H3/b7-5-,10-6-;4-3+. The molecule has 0 aliphatic heterocycles. The molecule has 0 aliphatic carbocycles. The summed E-state index contributed by atoms with van der Waals surface area (Å²) in [5.41, 5.74) is 0. The molecule has 0 aromatic carbocycles. The minimum absolute atomic E-state index is 0.199. The molecule has 0 saturated heterocycles. The maximum Gasteiger partial charge on any atom is 0.190 e. The van der Waals surface area contributed by atoms with Crippen molar-refractivity contribution in [3.05, 3.63) is 35.5 Å². The molecule has 0 amide bonds. The molecule has 0 heterocycles. The summed E-state index contributed by atoms with van der Waals surface area (Å²) in [7, 11) is 3.89. The molecular formula is C15H25N3O3S. The molecule has 0 aromatic rings. The molecule has 0 spiro atoms. The van der Waals surface area contributed by atoms with E-state index in [9.17, 15) is 13.2 Å². The predicted molar refractivity (Wildman–Crippen MR) is 89.5 cm³/mol. The van der Waals surface area contributed by atoms with Crippen molar-refractivity contribution in [3.8, 4) is 6.07 Å². The van der Waals surface area contributed by atoms with Gasteiger partial charge in [-0.2, -0.15) is 5.26 Å². The Morgan fingerprint density at radius 1 is 1.05 bits per heavy atom. The van der Waals surface area contributed by atoms with Gasteiger partial charge in [0.05, 0.1) is 5.25 Å².